The Bertz CT molecular complexity index is 1200. The number of ether oxygens (including phenoxy) is 1. The highest BCUT2D eigenvalue weighted by Gasteiger charge is 2.24. The van der Waals surface area contributed by atoms with Crippen LogP contribution in [0.25, 0.3) is 0 Å². The van der Waals surface area contributed by atoms with Crippen LogP contribution in [0.5, 0.6) is 5.75 Å². The molecule has 0 aliphatic carbocycles. The first kappa shape index (κ1) is 31.9. The number of amidine groups is 1. The van der Waals surface area contributed by atoms with Gasteiger partial charge in [0.25, 0.3) is 5.91 Å². The van der Waals surface area contributed by atoms with Gasteiger partial charge in [-0.3, -0.25) is 4.79 Å². The number of rotatable bonds is 12. The quantitative estimate of drug-likeness (QED) is 0.125. The van der Waals surface area contributed by atoms with Gasteiger partial charge in [-0.25, -0.2) is 4.99 Å². The molecule has 1 aliphatic rings. The minimum Gasteiger partial charge on any atom is -0.455 e. The Kier molecular flexibility index (Phi) is 12.9. The summed E-state index contributed by atoms with van der Waals surface area (Å²) >= 11 is 0. The Morgan fingerprint density at radius 3 is 2.41 bits per heavy atom. The number of amides is 1. The number of piperidine rings is 1. The molecule has 41 heavy (non-hydrogen) atoms. The predicted octanol–water partition coefficient (Wildman–Crippen LogP) is 7.93. The van der Waals surface area contributed by atoms with Gasteiger partial charge in [-0.2, -0.15) is 0 Å². The monoisotopic (exact) mass is 556 g/mol. The maximum atomic E-state index is 13.2. The van der Waals surface area contributed by atoms with E-state index < -0.39 is 0 Å². The Labute approximate surface area is 247 Å². The van der Waals surface area contributed by atoms with E-state index in [9.17, 15) is 4.79 Å². The Hall–Kier alpha value is -3.64. The molecule has 0 aromatic heterocycles. The summed E-state index contributed by atoms with van der Waals surface area (Å²) in [6.45, 7) is 10.6. The summed E-state index contributed by atoms with van der Waals surface area (Å²) < 4.78 is 6.29. The van der Waals surface area contributed by atoms with Crippen molar-refractivity contribution in [3.63, 3.8) is 0 Å². The van der Waals surface area contributed by atoms with Gasteiger partial charge in [0.05, 0.1) is 0 Å². The molecule has 0 bridgehead atoms. The summed E-state index contributed by atoms with van der Waals surface area (Å²) in [7, 11) is 4.07. The number of aliphatic imine (C=N–C) groups is 1. The zero-order valence-electron chi connectivity index (χ0n) is 25.8. The lowest BCUT2D eigenvalue weighted by Gasteiger charge is -2.35. The summed E-state index contributed by atoms with van der Waals surface area (Å²) in [6.07, 6.45) is 12.6. The number of benzene rings is 2. The predicted molar refractivity (Wildman–Crippen MR) is 173 cm³/mol. The van der Waals surface area contributed by atoms with Crippen LogP contribution in [0.4, 0.5) is 5.69 Å². The van der Waals surface area contributed by atoms with Crippen molar-refractivity contribution in [3.05, 3.63) is 95.9 Å². The fraction of sp³-hybridized carbons (Fsp3) is 0.429. The first-order valence-corrected chi connectivity index (χ1v) is 15.0. The molecule has 2 aromatic carbocycles. The molecule has 6 nitrogen and oxygen atoms in total. The summed E-state index contributed by atoms with van der Waals surface area (Å²) in [5, 5.41) is 3.54. The largest absolute Gasteiger partial charge is 0.455 e. The molecule has 1 N–H and O–H groups in total. The van der Waals surface area contributed by atoms with E-state index in [1.54, 1.807) is 0 Å². The summed E-state index contributed by atoms with van der Waals surface area (Å²) in [6, 6.07) is 17.9. The van der Waals surface area contributed by atoms with Crippen molar-refractivity contribution < 1.29 is 9.53 Å². The van der Waals surface area contributed by atoms with Crippen molar-refractivity contribution >= 4 is 17.4 Å². The molecule has 220 valence electrons. The highest BCUT2D eigenvalue weighted by Crippen LogP contribution is 2.23. The topological polar surface area (TPSA) is 57.2 Å². The number of para-hydroxylation sites is 1. The summed E-state index contributed by atoms with van der Waals surface area (Å²) in [5.74, 6) is 2.93. The fourth-order valence-electron chi connectivity index (χ4n) is 4.70. The normalized spacial score (nSPS) is 15.9. The fourth-order valence-corrected chi connectivity index (χ4v) is 4.70. The molecule has 0 saturated carbocycles. The van der Waals surface area contributed by atoms with E-state index in [0.29, 0.717) is 17.2 Å². The number of anilines is 1. The van der Waals surface area contributed by atoms with Gasteiger partial charge in [-0.1, -0.05) is 57.2 Å². The van der Waals surface area contributed by atoms with E-state index >= 15 is 0 Å². The zero-order chi connectivity index (χ0) is 29.6. The second-order valence-corrected chi connectivity index (χ2v) is 11.1. The number of allylic oxidation sites excluding steroid dienone is 4. The Balaban J connectivity index is 1.82. The van der Waals surface area contributed by atoms with Gasteiger partial charge >= 0.3 is 0 Å². The average molecular weight is 557 g/mol. The van der Waals surface area contributed by atoms with Crippen molar-refractivity contribution in [2.24, 2.45) is 10.9 Å². The van der Waals surface area contributed by atoms with Gasteiger partial charge < -0.3 is 19.9 Å². The lowest BCUT2D eigenvalue weighted by Crippen LogP contribution is -2.44. The van der Waals surface area contributed by atoms with Crippen LogP contribution in [-0.2, 0) is 0 Å². The molecule has 0 atom stereocenters. The second-order valence-electron chi connectivity index (χ2n) is 11.1. The number of nitrogens with one attached hydrogen (secondary N) is 1. The SMILES string of the molecule is CC=C/C=C(Oc1ccccc1)\C(=C/CC)N=C(CCC(C)C)Nc1ccc(C(=O)N(C)C2CCN(C)CC2)cc1. The molecule has 1 aliphatic heterocycles. The van der Waals surface area contributed by atoms with Gasteiger partial charge in [0.2, 0.25) is 0 Å². The standard InChI is InChI=1S/C35H48N4O2/c1-7-9-16-33(41-31-14-11-10-12-15-31)32(13-8-2)37-34(22-17-27(3)4)36-29-20-18-28(19-21-29)35(40)39(6)30-23-25-38(5)26-24-30/h7,9-16,18-21,27,30H,8,17,22-26H2,1-6H3,(H,36,37)/b9-7?,32-13+,33-16+. The number of likely N-dealkylation sites (tertiary alicyclic amines) is 1. The van der Waals surface area contributed by atoms with E-state index in [1.807, 2.05) is 91.7 Å². The molecule has 1 heterocycles. The lowest BCUT2D eigenvalue weighted by molar-refractivity contribution is 0.0659. The highest BCUT2D eigenvalue weighted by molar-refractivity contribution is 5.98. The van der Waals surface area contributed by atoms with Crippen molar-refractivity contribution in [2.45, 2.75) is 65.8 Å². The number of nitrogens with zero attached hydrogens (tertiary/aromatic N) is 3. The summed E-state index contributed by atoms with van der Waals surface area (Å²) in [4.78, 5) is 22.5. The number of hydrogen-bond donors (Lipinski definition) is 1. The third-order valence-electron chi connectivity index (χ3n) is 7.25. The maximum Gasteiger partial charge on any atom is 0.253 e. The molecule has 1 fully saturated rings. The highest BCUT2D eigenvalue weighted by atomic mass is 16.5. The van der Waals surface area contributed by atoms with Crippen molar-refractivity contribution in [2.75, 3.05) is 32.5 Å². The van der Waals surface area contributed by atoms with Crippen LogP contribution in [0.2, 0.25) is 0 Å². The molecule has 2 aromatic rings. The first-order valence-electron chi connectivity index (χ1n) is 15.0. The lowest BCUT2D eigenvalue weighted by atomic mass is 10.0. The van der Waals surface area contributed by atoms with Crippen LogP contribution in [-0.4, -0.2) is 54.8 Å². The molecule has 1 amide bonds. The van der Waals surface area contributed by atoms with Gasteiger partial charge in [0.15, 0.2) is 5.76 Å². The average Bonchev–Trinajstić information content (AvgIpc) is 2.98. The van der Waals surface area contributed by atoms with Crippen molar-refractivity contribution in [3.8, 4) is 5.75 Å². The van der Waals surface area contributed by atoms with E-state index in [0.717, 1.165) is 68.2 Å². The molecule has 1 saturated heterocycles. The third kappa shape index (κ3) is 10.4. The maximum absolute atomic E-state index is 13.2. The third-order valence-corrected chi connectivity index (χ3v) is 7.25. The van der Waals surface area contributed by atoms with Crippen LogP contribution in [0.3, 0.4) is 0 Å². The number of carbonyl (C=O) groups is 1. The van der Waals surface area contributed by atoms with Crippen molar-refractivity contribution in [1.29, 1.82) is 0 Å². The smallest absolute Gasteiger partial charge is 0.253 e. The van der Waals surface area contributed by atoms with Gasteiger partial charge in [0, 0.05) is 30.8 Å². The molecule has 6 heteroatoms. The Morgan fingerprint density at radius 1 is 1.12 bits per heavy atom. The van der Waals surface area contributed by atoms with E-state index in [1.165, 1.54) is 0 Å². The Morgan fingerprint density at radius 2 is 1.80 bits per heavy atom. The van der Waals surface area contributed by atoms with Crippen molar-refractivity contribution in [1.82, 2.24) is 9.80 Å². The van der Waals surface area contributed by atoms with Crippen LogP contribution < -0.4 is 10.1 Å². The number of carbonyl (C=O) groups excluding carboxylic acids is 1. The second kappa shape index (κ2) is 16.6. The zero-order valence-corrected chi connectivity index (χ0v) is 25.8. The molecular formula is C35H48N4O2. The van der Waals surface area contributed by atoms with Gasteiger partial charge in [-0.05, 0) is 101 Å². The van der Waals surface area contributed by atoms with E-state index in [-0.39, 0.29) is 11.9 Å². The minimum atomic E-state index is 0.0739. The molecule has 0 unspecified atom stereocenters. The van der Waals surface area contributed by atoms with Crippen LogP contribution in [0, 0.1) is 5.92 Å². The number of hydrogen-bond acceptors (Lipinski definition) is 4. The molecule has 3 rings (SSSR count). The summed E-state index contributed by atoms with van der Waals surface area (Å²) in [5.41, 5.74) is 2.40. The molecule has 0 spiro atoms. The van der Waals surface area contributed by atoms with Crippen LogP contribution >= 0.6 is 0 Å². The van der Waals surface area contributed by atoms with Crippen LogP contribution in [0.1, 0.15) is 70.2 Å². The van der Waals surface area contributed by atoms with Gasteiger partial charge in [-0.15, -0.1) is 0 Å². The molecular weight excluding hydrogens is 508 g/mol. The van der Waals surface area contributed by atoms with E-state index in [2.05, 4.69) is 44.1 Å². The molecule has 0 radical (unpaired) electrons. The minimum absolute atomic E-state index is 0.0739. The van der Waals surface area contributed by atoms with E-state index in [4.69, 9.17) is 9.73 Å². The first-order chi connectivity index (χ1) is 19.8. The van der Waals surface area contributed by atoms with Gasteiger partial charge in [0.1, 0.15) is 17.3 Å². The van der Waals surface area contributed by atoms with Crippen LogP contribution in [0.15, 0.2) is 95.3 Å².